The molecule has 2 N–H and O–H groups in total. The SMILES string of the molecule is CC(C)(N)CCc1cccnc1F. The highest BCUT2D eigenvalue weighted by molar-refractivity contribution is 5.11. The quantitative estimate of drug-likeness (QED) is 0.725. The van der Waals surface area contributed by atoms with E-state index in [9.17, 15) is 4.39 Å². The van der Waals surface area contributed by atoms with E-state index in [1.54, 1.807) is 12.1 Å². The minimum Gasteiger partial charge on any atom is -0.326 e. The summed E-state index contributed by atoms with van der Waals surface area (Å²) in [4.78, 5) is 3.57. The summed E-state index contributed by atoms with van der Waals surface area (Å²) < 4.78 is 13.0. The molecule has 1 aromatic rings. The van der Waals surface area contributed by atoms with Crippen LogP contribution in [0.4, 0.5) is 4.39 Å². The number of nitrogens with zero attached hydrogens (tertiary/aromatic N) is 1. The smallest absolute Gasteiger partial charge is 0.216 e. The molecule has 13 heavy (non-hydrogen) atoms. The molecule has 0 saturated carbocycles. The Bertz CT molecular complexity index is 278. The van der Waals surface area contributed by atoms with E-state index in [-0.39, 0.29) is 11.5 Å². The van der Waals surface area contributed by atoms with Crippen molar-refractivity contribution in [1.82, 2.24) is 4.98 Å². The Hall–Kier alpha value is -0.960. The molecule has 3 heteroatoms. The normalized spacial score (nSPS) is 11.7. The van der Waals surface area contributed by atoms with Crippen LogP contribution in [0.5, 0.6) is 0 Å². The fraction of sp³-hybridized carbons (Fsp3) is 0.500. The molecule has 0 bridgehead atoms. The molecule has 1 rings (SSSR count). The molecule has 2 nitrogen and oxygen atoms in total. The Morgan fingerprint density at radius 1 is 1.54 bits per heavy atom. The predicted octanol–water partition coefficient (Wildman–Crippen LogP) is 1.89. The molecular weight excluding hydrogens is 167 g/mol. The number of rotatable bonds is 3. The highest BCUT2D eigenvalue weighted by Crippen LogP contribution is 2.12. The highest BCUT2D eigenvalue weighted by atomic mass is 19.1. The van der Waals surface area contributed by atoms with Crippen molar-refractivity contribution < 1.29 is 4.39 Å². The Balaban J connectivity index is 2.60. The maximum Gasteiger partial charge on any atom is 0.216 e. The van der Waals surface area contributed by atoms with Crippen molar-refractivity contribution in [2.75, 3.05) is 0 Å². The highest BCUT2D eigenvalue weighted by Gasteiger charge is 2.12. The van der Waals surface area contributed by atoms with E-state index >= 15 is 0 Å². The molecule has 0 atom stereocenters. The van der Waals surface area contributed by atoms with Gasteiger partial charge in [0, 0.05) is 17.3 Å². The Labute approximate surface area is 78.0 Å². The lowest BCUT2D eigenvalue weighted by molar-refractivity contribution is 0.466. The van der Waals surface area contributed by atoms with Crippen molar-refractivity contribution in [3.8, 4) is 0 Å². The summed E-state index contributed by atoms with van der Waals surface area (Å²) in [5.74, 6) is -0.383. The van der Waals surface area contributed by atoms with Gasteiger partial charge < -0.3 is 5.73 Å². The summed E-state index contributed by atoms with van der Waals surface area (Å²) in [6, 6.07) is 3.48. The van der Waals surface area contributed by atoms with Crippen LogP contribution in [0.15, 0.2) is 18.3 Å². The zero-order valence-corrected chi connectivity index (χ0v) is 8.05. The number of hydrogen-bond acceptors (Lipinski definition) is 2. The summed E-state index contributed by atoms with van der Waals surface area (Å²) in [5, 5.41) is 0. The van der Waals surface area contributed by atoms with Crippen LogP contribution in [0.3, 0.4) is 0 Å². The fourth-order valence-electron chi connectivity index (χ4n) is 1.06. The van der Waals surface area contributed by atoms with Crippen LogP contribution in [-0.4, -0.2) is 10.5 Å². The summed E-state index contributed by atoms with van der Waals surface area (Å²) in [6.07, 6.45) is 2.85. The molecule has 0 aromatic carbocycles. The van der Waals surface area contributed by atoms with Gasteiger partial charge >= 0.3 is 0 Å². The first-order chi connectivity index (χ1) is 5.99. The molecule has 0 aliphatic heterocycles. The average Bonchev–Trinajstić information content (AvgIpc) is 2.01. The lowest BCUT2D eigenvalue weighted by Crippen LogP contribution is -2.32. The van der Waals surface area contributed by atoms with Crippen molar-refractivity contribution >= 4 is 0 Å². The van der Waals surface area contributed by atoms with Crippen LogP contribution in [0.25, 0.3) is 0 Å². The molecular formula is C10H15FN2. The van der Waals surface area contributed by atoms with Gasteiger partial charge in [0.1, 0.15) is 0 Å². The van der Waals surface area contributed by atoms with Gasteiger partial charge in [-0.3, -0.25) is 0 Å². The van der Waals surface area contributed by atoms with Gasteiger partial charge in [-0.15, -0.1) is 0 Å². The van der Waals surface area contributed by atoms with Crippen LogP contribution >= 0.6 is 0 Å². The van der Waals surface area contributed by atoms with E-state index in [0.717, 1.165) is 6.42 Å². The second kappa shape index (κ2) is 3.83. The topological polar surface area (TPSA) is 38.9 Å². The Morgan fingerprint density at radius 2 is 2.23 bits per heavy atom. The third-order valence-electron chi connectivity index (χ3n) is 1.88. The molecule has 0 amide bonds. The van der Waals surface area contributed by atoms with Gasteiger partial charge in [-0.2, -0.15) is 4.39 Å². The number of aryl methyl sites for hydroxylation is 1. The Morgan fingerprint density at radius 3 is 2.77 bits per heavy atom. The van der Waals surface area contributed by atoms with Crippen molar-refractivity contribution in [2.45, 2.75) is 32.2 Å². The largest absolute Gasteiger partial charge is 0.326 e. The van der Waals surface area contributed by atoms with E-state index in [0.29, 0.717) is 12.0 Å². The number of hydrogen-bond donors (Lipinski definition) is 1. The van der Waals surface area contributed by atoms with E-state index < -0.39 is 0 Å². The average molecular weight is 182 g/mol. The zero-order chi connectivity index (χ0) is 9.90. The third kappa shape index (κ3) is 3.51. The molecule has 0 unspecified atom stereocenters. The first kappa shape index (κ1) is 10.1. The van der Waals surface area contributed by atoms with Crippen LogP contribution in [0, 0.1) is 5.95 Å². The van der Waals surface area contributed by atoms with E-state index in [1.165, 1.54) is 6.20 Å². The second-order valence-electron chi connectivity index (χ2n) is 3.94. The predicted molar refractivity (Wildman–Crippen MR) is 50.8 cm³/mol. The van der Waals surface area contributed by atoms with Gasteiger partial charge in [0.25, 0.3) is 0 Å². The van der Waals surface area contributed by atoms with Gasteiger partial charge in [-0.25, -0.2) is 4.98 Å². The third-order valence-corrected chi connectivity index (χ3v) is 1.88. The lowest BCUT2D eigenvalue weighted by Gasteiger charge is -2.17. The number of halogens is 1. The van der Waals surface area contributed by atoms with Crippen LogP contribution in [-0.2, 0) is 6.42 Å². The van der Waals surface area contributed by atoms with Gasteiger partial charge in [-0.05, 0) is 32.8 Å². The fourth-order valence-corrected chi connectivity index (χ4v) is 1.06. The molecule has 1 aromatic heterocycles. The van der Waals surface area contributed by atoms with E-state index in [4.69, 9.17) is 5.73 Å². The van der Waals surface area contributed by atoms with Crippen molar-refractivity contribution in [3.63, 3.8) is 0 Å². The van der Waals surface area contributed by atoms with Gasteiger partial charge in [0.05, 0.1) is 0 Å². The molecule has 0 aliphatic rings. The van der Waals surface area contributed by atoms with Crippen LogP contribution < -0.4 is 5.73 Å². The molecule has 0 aliphatic carbocycles. The second-order valence-corrected chi connectivity index (χ2v) is 3.94. The molecule has 1 heterocycles. The van der Waals surface area contributed by atoms with E-state index in [1.807, 2.05) is 13.8 Å². The molecule has 0 saturated heterocycles. The van der Waals surface area contributed by atoms with Gasteiger partial charge in [0.2, 0.25) is 5.95 Å². The molecule has 0 fully saturated rings. The zero-order valence-electron chi connectivity index (χ0n) is 8.05. The van der Waals surface area contributed by atoms with Crippen LogP contribution in [0.2, 0.25) is 0 Å². The van der Waals surface area contributed by atoms with Crippen LogP contribution in [0.1, 0.15) is 25.8 Å². The van der Waals surface area contributed by atoms with Crippen molar-refractivity contribution in [3.05, 3.63) is 29.8 Å². The van der Waals surface area contributed by atoms with E-state index in [2.05, 4.69) is 4.98 Å². The standard InChI is InChI=1S/C10H15FN2/c1-10(2,12)6-5-8-4-3-7-13-9(8)11/h3-4,7H,5-6,12H2,1-2H3. The summed E-state index contributed by atoms with van der Waals surface area (Å²) in [7, 11) is 0. The Kier molecular flexibility index (Phi) is 2.98. The molecule has 0 radical (unpaired) electrons. The number of aromatic nitrogens is 1. The van der Waals surface area contributed by atoms with Crippen molar-refractivity contribution in [1.29, 1.82) is 0 Å². The first-order valence-electron chi connectivity index (χ1n) is 4.37. The molecule has 72 valence electrons. The number of pyridine rings is 1. The maximum atomic E-state index is 13.0. The van der Waals surface area contributed by atoms with Gasteiger partial charge in [-0.1, -0.05) is 6.07 Å². The molecule has 0 spiro atoms. The minimum absolute atomic E-state index is 0.248. The summed E-state index contributed by atoms with van der Waals surface area (Å²) in [6.45, 7) is 3.86. The maximum absolute atomic E-state index is 13.0. The lowest BCUT2D eigenvalue weighted by atomic mass is 9.97. The number of nitrogens with two attached hydrogens (primary N) is 1. The monoisotopic (exact) mass is 182 g/mol. The summed E-state index contributed by atoms with van der Waals surface area (Å²) >= 11 is 0. The first-order valence-corrected chi connectivity index (χ1v) is 4.37. The minimum atomic E-state index is -0.383. The summed E-state index contributed by atoms with van der Waals surface area (Å²) in [5.41, 5.74) is 6.18. The van der Waals surface area contributed by atoms with Crippen molar-refractivity contribution in [2.24, 2.45) is 5.73 Å². The van der Waals surface area contributed by atoms with Gasteiger partial charge in [0.15, 0.2) is 0 Å².